The molecule has 0 saturated carbocycles. The summed E-state index contributed by atoms with van der Waals surface area (Å²) in [6.07, 6.45) is -0.0267. The van der Waals surface area contributed by atoms with E-state index in [0.717, 1.165) is 42.7 Å². The Morgan fingerprint density at radius 1 is 1.33 bits per heavy atom. The van der Waals surface area contributed by atoms with Crippen molar-refractivity contribution >= 4 is 34.2 Å². The summed E-state index contributed by atoms with van der Waals surface area (Å²) < 4.78 is 6.28. The molecule has 2 aromatic rings. The molecule has 142 valence electrons. The van der Waals surface area contributed by atoms with Crippen LogP contribution < -0.4 is 15.4 Å². The number of amides is 2. The molecule has 27 heavy (non-hydrogen) atoms. The minimum Gasteiger partial charge on any atom is -0.484 e. The van der Waals surface area contributed by atoms with Gasteiger partial charge in [-0.25, -0.2) is 0 Å². The number of para-hydroxylation sites is 1. The first-order valence-electron chi connectivity index (χ1n) is 8.89. The molecule has 0 bridgehead atoms. The van der Waals surface area contributed by atoms with Gasteiger partial charge in [0.2, 0.25) is 5.91 Å². The first-order chi connectivity index (χ1) is 13.2. The molecular weight excluding hydrogens is 382 g/mol. The van der Waals surface area contributed by atoms with E-state index < -0.39 is 6.04 Å². The quantitative estimate of drug-likeness (QED) is 0.803. The van der Waals surface area contributed by atoms with Crippen LogP contribution in [-0.2, 0) is 11.3 Å². The fourth-order valence-corrected chi connectivity index (χ4v) is 4.75. The lowest BCUT2D eigenvalue weighted by Gasteiger charge is -2.24. The molecule has 1 aromatic heterocycles. The van der Waals surface area contributed by atoms with Crippen molar-refractivity contribution in [1.82, 2.24) is 15.5 Å². The van der Waals surface area contributed by atoms with E-state index in [0.29, 0.717) is 12.3 Å². The van der Waals surface area contributed by atoms with Gasteiger partial charge in [-0.1, -0.05) is 30.0 Å². The van der Waals surface area contributed by atoms with E-state index in [2.05, 4.69) is 38.4 Å². The van der Waals surface area contributed by atoms with Gasteiger partial charge in [-0.05, 0) is 22.9 Å². The van der Waals surface area contributed by atoms with Crippen molar-refractivity contribution in [3.05, 3.63) is 52.2 Å². The van der Waals surface area contributed by atoms with Crippen molar-refractivity contribution in [3.63, 3.8) is 0 Å². The first-order valence-corrected chi connectivity index (χ1v) is 10.8. The predicted octanol–water partition coefficient (Wildman–Crippen LogP) is 2.63. The first kappa shape index (κ1) is 18.3. The number of thioether (sulfide) groups is 1. The van der Waals surface area contributed by atoms with Crippen LogP contribution in [0.5, 0.6) is 5.75 Å². The molecule has 4 rings (SSSR count). The van der Waals surface area contributed by atoms with Crippen LogP contribution in [0.3, 0.4) is 0 Å². The highest BCUT2D eigenvalue weighted by atomic mass is 32.2. The minimum atomic E-state index is -0.422. The van der Waals surface area contributed by atoms with E-state index in [1.54, 1.807) is 11.3 Å². The van der Waals surface area contributed by atoms with E-state index in [4.69, 9.17) is 4.74 Å². The standard InChI is InChI=1S/C19H21N3O3S2/c23-18(15-12-27-19(24)21-15)20-6-7-22-9-13-3-1-2-4-16(13)25-17(10-22)14-5-8-26-11-14/h1-5,8,11,15,17H,6-7,9-10,12H2,(H,20,23)(H,21,24)/t15-,17-/m0/s1. The number of rotatable bonds is 5. The van der Waals surface area contributed by atoms with Crippen molar-refractivity contribution < 1.29 is 14.3 Å². The Morgan fingerprint density at radius 3 is 3.00 bits per heavy atom. The lowest BCUT2D eigenvalue weighted by atomic mass is 10.2. The summed E-state index contributed by atoms with van der Waals surface area (Å²) in [6.45, 7) is 2.80. The molecule has 2 atom stereocenters. The van der Waals surface area contributed by atoms with Crippen molar-refractivity contribution in [1.29, 1.82) is 0 Å². The second-order valence-electron chi connectivity index (χ2n) is 6.59. The lowest BCUT2D eigenvalue weighted by Crippen LogP contribution is -2.45. The molecule has 2 amide bonds. The number of ether oxygens (including phenoxy) is 1. The van der Waals surface area contributed by atoms with Gasteiger partial charge in [0, 0.05) is 43.1 Å². The third-order valence-corrected chi connectivity index (χ3v) is 6.27. The highest BCUT2D eigenvalue weighted by molar-refractivity contribution is 8.14. The number of benzene rings is 1. The number of hydrogen-bond donors (Lipinski definition) is 2. The Hall–Kier alpha value is -2.03. The summed E-state index contributed by atoms with van der Waals surface area (Å²) in [5.41, 5.74) is 2.33. The van der Waals surface area contributed by atoms with Crippen LogP contribution in [0.15, 0.2) is 41.1 Å². The van der Waals surface area contributed by atoms with E-state index in [-0.39, 0.29) is 17.3 Å². The molecule has 0 spiro atoms. The fraction of sp³-hybridized carbons (Fsp3) is 0.368. The Balaban J connectivity index is 1.39. The summed E-state index contributed by atoms with van der Waals surface area (Å²) in [5.74, 6) is 1.30. The van der Waals surface area contributed by atoms with E-state index in [1.165, 1.54) is 5.56 Å². The van der Waals surface area contributed by atoms with Gasteiger partial charge >= 0.3 is 0 Å². The SMILES string of the molecule is O=C1N[C@H](C(=O)NCCN2Cc3ccccc3O[C@H](c3ccsc3)C2)CS1. The highest BCUT2D eigenvalue weighted by Crippen LogP contribution is 2.31. The number of nitrogens with one attached hydrogen (secondary N) is 2. The molecule has 2 N–H and O–H groups in total. The zero-order valence-electron chi connectivity index (χ0n) is 14.7. The molecule has 3 heterocycles. The van der Waals surface area contributed by atoms with Crippen LogP contribution in [0.4, 0.5) is 4.79 Å². The van der Waals surface area contributed by atoms with Crippen molar-refractivity contribution in [2.45, 2.75) is 18.7 Å². The highest BCUT2D eigenvalue weighted by Gasteiger charge is 2.28. The van der Waals surface area contributed by atoms with Crippen LogP contribution in [-0.4, -0.2) is 47.5 Å². The van der Waals surface area contributed by atoms with Crippen molar-refractivity contribution in [2.75, 3.05) is 25.4 Å². The van der Waals surface area contributed by atoms with Gasteiger partial charge in [0.15, 0.2) is 0 Å². The third kappa shape index (κ3) is 4.45. The number of nitrogens with zero attached hydrogens (tertiary/aromatic N) is 1. The summed E-state index contributed by atoms with van der Waals surface area (Å²) in [4.78, 5) is 25.7. The number of carbonyl (C=O) groups excluding carboxylic acids is 2. The number of hydrogen-bond acceptors (Lipinski definition) is 6. The summed E-state index contributed by atoms with van der Waals surface area (Å²) in [6, 6.07) is 9.79. The van der Waals surface area contributed by atoms with Gasteiger partial charge in [0.05, 0.1) is 0 Å². The van der Waals surface area contributed by atoms with Gasteiger partial charge in [-0.3, -0.25) is 14.5 Å². The van der Waals surface area contributed by atoms with Crippen LogP contribution in [0.25, 0.3) is 0 Å². The third-order valence-electron chi connectivity index (χ3n) is 4.69. The molecule has 0 unspecified atom stereocenters. The maximum absolute atomic E-state index is 12.2. The van der Waals surface area contributed by atoms with Crippen molar-refractivity contribution in [2.24, 2.45) is 0 Å². The Kier molecular flexibility index (Phi) is 5.66. The zero-order valence-corrected chi connectivity index (χ0v) is 16.4. The van der Waals surface area contributed by atoms with Crippen LogP contribution in [0.1, 0.15) is 17.2 Å². The van der Waals surface area contributed by atoms with Gasteiger partial charge in [0.1, 0.15) is 17.9 Å². The van der Waals surface area contributed by atoms with Crippen molar-refractivity contribution in [3.8, 4) is 5.75 Å². The molecular formula is C19H21N3O3S2. The Labute approximate surface area is 166 Å². The van der Waals surface area contributed by atoms with Gasteiger partial charge in [0.25, 0.3) is 5.24 Å². The van der Waals surface area contributed by atoms with Crippen LogP contribution >= 0.6 is 23.1 Å². The van der Waals surface area contributed by atoms with Crippen LogP contribution in [0.2, 0.25) is 0 Å². The van der Waals surface area contributed by atoms with E-state index in [9.17, 15) is 9.59 Å². The average Bonchev–Trinajstić information content (AvgIpc) is 3.31. The topological polar surface area (TPSA) is 70.7 Å². The fourth-order valence-electron chi connectivity index (χ4n) is 3.27. The maximum atomic E-state index is 12.2. The molecule has 0 radical (unpaired) electrons. The molecule has 2 aliphatic rings. The summed E-state index contributed by atoms with van der Waals surface area (Å²) in [5, 5.41) is 9.67. The molecule has 1 saturated heterocycles. The summed E-state index contributed by atoms with van der Waals surface area (Å²) in [7, 11) is 0. The maximum Gasteiger partial charge on any atom is 0.279 e. The molecule has 0 aliphatic carbocycles. The van der Waals surface area contributed by atoms with E-state index >= 15 is 0 Å². The Morgan fingerprint density at radius 2 is 2.22 bits per heavy atom. The molecule has 2 aliphatic heterocycles. The lowest BCUT2D eigenvalue weighted by molar-refractivity contribution is -0.122. The largest absolute Gasteiger partial charge is 0.484 e. The van der Waals surface area contributed by atoms with Crippen LogP contribution in [0, 0.1) is 0 Å². The predicted molar refractivity (Wildman–Crippen MR) is 107 cm³/mol. The van der Waals surface area contributed by atoms with Gasteiger partial charge in [-0.15, -0.1) is 0 Å². The van der Waals surface area contributed by atoms with Gasteiger partial charge < -0.3 is 15.4 Å². The zero-order chi connectivity index (χ0) is 18.6. The minimum absolute atomic E-state index is 0.0267. The van der Waals surface area contributed by atoms with Gasteiger partial charge in [-0.2, -0.15) is 11.3 Å². The average molecular weight is 404 g/mol. The van der Waals surface area contributed by atoms with E-state index in [1.807, 2.05) is 18.2 Å². The molecule has 6 nitrogen and oxygen atoms in total. The Bertz CT molecular complexity index is 812. The molecule has 8 heteroatoms. The molecule has 1 fully saturated rings. The molecule has 1 aromatic carbocycles. The number of thiophene rings is 1. The second kappa shape index (κ2) is 8.33. The summed E-state index contributed by atoms with van der Waals surface area (Å²) >= 11 is 2.82. The smallest absolute Gasteiger partial charge is 0.279 e. The second-order valence-corrected chi connectivity index (χ2v) is 8.37. The normalized spacial score (nSPS) is 22.4. The monoisotopic (exact) mass is 403 g/mol. The number of carbonyl (C=O) groups is 2. The number of fused-ring (bicyclic) bond motifs is 1.